The molecule has 1 atom stereocenters. The highest BCUT2D eigenvalue weighted by molar-refractivity contribution is 9.10. The van der Waals surface area contributed by atoms with E-state index in [4.69, 9.17) is 9.15 Å². The summed E-state index contributed by atoms with van der Waals surface area (Å²) in [6.07, 6.45) is 1.07. The number of aryl methyl sites for hydroxylation is 1. The molecule has 0 aliphatic rings. The quantitative estimate of drug-likeness (QED) is 0.530. The molecule has 0 fully saturated rings. The standard InChI is InChI=1S/C22H24BrNO3/c1-17-4-6-18(7-5-17)13-24(15-22-3-2-12-26-22)14-20(25)16-27-21-10-8-19(23)9-11-21/h2-12,20,25H,13-16H2,1H3. The zero-order valence-electron chi connectivity index (χ0n) is 15.3. The number of rotatable bonds is 9. The first-order valence-corrected chi connectivity index (χ1v) is 9.74. The van der Waals surface area contributed by atoms with Gasteiger partial charge in [0, 0.05) is 17.6 Å². The van der Waals surface area contributed by atoms with Crippen LogP contribution in [0.4, 0.5) is 0 Å². The van der Waals surface area contributed by atoms with Gasteiger partial charge in [-0.05, 0) is 48.9 Å². The fraction of sp³-hybridized carbons (Fsp3) is 0.273. The molecule has 0 saturated carbocycles. The first kappa shape index (κ1) is 19.7. The van der Waals surface area contributed by atoms with Crippen LogP contribution < -0.4 is 4.74 Å². The molecule has 142 valence electrons. The molecule has 27 heavy (non-hydrogen) atoms. The van der Waals surface area contributed by atoms with Crippen molar-refractivity contribution in [2.45, 2.75) is 26.1 Å². The second-order valence-corrected chi connectivity index (χ2v) is 7.57. The van der Waals surface area contributed by atoms with Crippen LogP contribution in [0.3, 0.4) is 0 Å². The fourth-order valence-corrected chi connectivity index (χ4v) is 3.10. The lowest BCUT2D eigenvalue weighted by Crippen LogP contribution is -2.35. The SMILES string of the molecule is Cc1ccc(CN(Cc2ccco2)CC(O)COc2ccc(Br)cc2)cc1. The minimum atomic E-state index is -0.603. The second-order valence-electron chi connectivity index (χ2n) is 6.65. The average molecular weight is 430 g/mol. The summed E-state index contributed by atoms with van der Waals surface area (Å²) in [5.41, 5.74) is 2.44. The van der Waals surface area contributed by atoms with Crippen LogP contribution in [0.2, 0.25) is 0 Å². The Hall–Kier alpha value is -2.08. The number of hydrogen-bond donors (Lipinski definition) is 1. The molecule has 1 N–H and O–H groups in total. The largest absolute Gasteiger partial charge is 0.491 e. The molecule has 1 unspecified atom stereocenters. The molecule has 3 rings (SSSR count). The molecule has 0 radical (unpaired) electrons. The Labute approximate surface area is 168 Å². The van der Waals surface area contributed by atoms with Crippen LogP contribution in [-0.4, -0.2) is 29.3 Å². The van der Waals surface area contributed by atoms with Crippen LogP contribution >= 0.6 is 15.9 Å². The first-order valence-electron chi connectivity index (χ1n) is 8.95. The lowest BCUT2D eigenvalue weighted by molar-refractivity contribution is 0.0604. The molecular weight excluding hydrogens is 406 g/mol. The molecule has 5 heteroatoms. The van der Waals surface area contributed by atoms with E-state index in [1.54, 1.807) is 6.26 Å². The topological polar surface area (TPSA) is 45.8 Å². The summed E-state index contributed by atoms with van der Waals surface area (Å²) in [6, 6.07) is 19.9. The van der Waals surface area contributed by atoms with Crippen LogP contribution in [0, 0.1) is 6.92 Å². The minimum absolute atomic E-state index is 0.240. The molecule has 4 nitrogen and oxygen atoms in total. The van der Waals surface area contributed by atoms with Gasteiger partial charge in [0.25, 0.3) is 0 Å². The summed E-state index contributed by atoms with van der Waals surface area (Å²) in [6.45, 7) is 4.18. The Bertz CT molecular complexity index is 801. The van der Waals surface area contributed by atoms with Crippen LogP contribution in [0.1, 0.15) is 16.9 Å². The van der Waals surface area contributed by atoms with E-state index in [1.165, 1.54) is 11.1 Å². The van der Waals surface area contributed by atoms with Gasteiger partial charge in [0.2, 0.25) is 0 Å². The number of halogens is 1. The number of ether oxygens (including phenoxy) is 1. The molecule has 0 saturated heterocycles. The van der Waals surface area contributed by atoms with Crippen molar-refractivity contribution in [1.29, 1.82) is 0 Å². The molecule has 3 aromatic rings. The Kier molecular flexibility index (Phi) is 7.10. The van der Waals surface area contributed by atoms with E-state index in [-0.39, 0.29) is 6.61 Å². The number of furan rings is 1. The molecule has 0 bridgehead atoms. The van der Waals surface area contributed by atoms with E-state index in [0.717, 1.165) is 22.5 Å². The summed E-state index contributed by atoms with van der Waals surface area (Å²) in [5.74, 6) is 1.62. The van der Waals surface area contributed by atoms with Gasteiger partial charge >= 0.3 is 0 Å². The highest BCUT2D eigenvalue weighted by atomic mass is 79.9. The van der Waals surface area contributed by atoms with E-state index < -0.39 is 6.10 Å². The zero-order valence-corrected chi connectivity index (χ0v) is 16.9. The lowest BCUT2D eigenvalue weighted by atomic mass is 10.1. The molecule has 0 amide bonds. The Morgan fingerprint density at radius 1 is 1.04 bits per heavy atom. The van der Waals surface area contributed by atoms with Gasteiger partial charge in [0.05, 0.1) is 12.8 Å². The van der Waals surface area contributed by atoms with E-state index >= 15 is 0 Å². The van der Waals surface area contributed by atoms with Crippen molar-refractivity contribution in [1.82, 2.24) is 4.90 Å². The minimum Gasteiger partial charge on any atom is -0.491 e. The van der Waals surface area contributed by atoms with Crippen molar-refractivity contribution in [2.75, 3.05) is 13.2 Å². The monoisotopic (exact) mass is 429 g/mol. The summed E-state index contributed by atoms with van der Waals surface area (Å²) >= 11 is 3.40. The Morgan fingerprint density at radius 2 is 1.78 bits per heavy atom. The summed E-state index contributed by atoms with van der Waals surface area (Å²) in [4.78, 5) is 2.17. The number of nitrogens with zero attached hydrogens (tertiary/aromatic N) is 1. The number of aliphatic hydroxyl groups excluding tert-OH is 1. The number of hydrogen-bond acceptors (Lipinski definition) is 4. The van der Waals surface area contributed by atoms with Gasteiger partial charge in [0.1, 0.15) is 24.2 Å². The molecule has 1 aromatic heterocycles. The Morgan fingerprint density at radius 3 is 2.44 bits per heavy atom. The third kappa shape index (κ3) is 6.54. The van der Waals surface area contributed by atoms with Crippen molar-refractivity contribution >= 4 is 15.9 Å². The van der Waals surface area contributed by atoms with E-state index in [2.05, 4.69) is 52.0 Å². The smallest absolute Gasteiger partial charge is 0.119 e. The number of aliphatic hydroxyl groups is 1. The van der Waals surface area contributed by atoms with Gasteiger partial charge in [-0.15, -0.1) is 0 Å². The van der Waals surface area contributed by atoms with Gasteiger partial charge in [-0.25, -0.2) is 0 Å². The van der Waals surface area contributed by atoms with E-state index in [1.807, 2.05) is 36.4 Å². The number of benzene rings is 2. The van der Waals surface area contributed by atoms with Crippen molar-refractivity contribution in [3.05, 3.63) is 88.3 Å². The maximum Gasteiger partial charge on any atom is 0.119 e. The maximum absolute atomic E-state index is 10.5. The highest BCUT2D eigenvalue weighted by Crippen LogP contribution is 2.17. The fourth-order valence-electron chi connectivity index (χ4n) is 2.83. The normalized spacial score (nSPS) is 12.3. The molecule has 2 aromatic carbocycles. The van der Waals surface area contributed by atoms with E-state index in [9.17, 15) is 5.11 Å². The third-order valence-electron chi connectivity index (χ3n) is 4.21. The summed E-state index contributed by atoms with van der Waals surface area (Å²) in [5, 5.41) is 10.5. The predicted octanol–water partition coefficient (Wildman–Crippen LogP) is 4.79. The third-order valence-corrected chi connectivity index (χ3v) is 4.74. The van der Waals surface area contributed by atoms with Crippen molar-refractivity contribution < 1.29 is 14.3 Å². The van der Waals surface area contributed by atoms with Crippen LogP contribution in [0.15, 0.2) is 75.8 Å². The van der Waals surface area contributed by atoms with Gasteiger partial charge in [-0.3, -0.25) is 4.90 Å². The summed E-state index contributed by atoms with van der Waals surface area (Å²) < 4.78 is 12.2. The van der Waals surface area contributed by atoms with Gasteiger partial charge in [-0.2, -0.15) is 0 Å². The van der Waals surface area contributed by atoms with Crippen LogP contribution in [0.5, 0.6) is 5.75 Å². The second kappa shape index (κ2) is 9.74. The van der Waals surface area contributed by atoms with Crippen LogP contribution in [-0.2, 0) is 13.1 Å². The predicted molar refractivity (Wildman–Crippen MR) is 110 cm³/mol. The van der Waals surface area contributed by atoms with Crippen molar-refractivity contribution in [3.63, 3.8) is 0 Å². The zero-order chi connectivity index (χ0) is 19.1. The first-order chi connectivity index (χ1) is 13.1. The molecule has 1 heterocycles. The molecule has 0 aliphatic heterocycles. The highest BCUT2D eigenvalue weighted by Gasteiger charge is 2.15. The van der Waals surface area contributed by atoms with Crippen molar-refractivity contribution in [2.24, 2.45) is 0 Å². The molecule has 0 aliphatic carbocycles. The van der Waals surface area contributed by atoms with Crippen molar-refractivity contribution in [3.8, 4) is 5.75 Å². The van der Waals surface area contributed by atoms with Gasteiger partial charge < -0.3 is 14.3 Å². The molecule has 0 spiro atoms. The van der Waals surface area contributed by atoms with Crippen LogP contribution in [0.25, 0.3) is 0 Å². The average Bonchev–Trinajstić information content (AvgIpc) is 3.16. The van der Waals surface area contributed by atoms with Gasteiger partial charge in [0.15, 0.2) is 0 Å². The van der Waals surface area contributed by atoms with E-state index in [0.29, 0.717) is 13.1 Å². The molecular formula is C22H24BrNO3. The summed E-state index contributed by atoms with van der Waals surface area (Å²) in [7, 11) is 0. The van der Waals surface area contributed by atoms with Gasteiger partial charge in [-0.1, -0.05) is 45.8 Å². The Balaban J connectivity index is 1.59. The maximum atomic E-state index is 10.5. The lowest BCUT2D eigenvalue weighted by Gasteiger charge is -2.24.